The summed E-state index contributed by atoms with van der Waals surface area (Å²) in [5.41, 5.74) is 0. The summed E-state index contributed by atoms with van der Waals surface area (Å²) in [5, 5.41) is 3.25. The monoisotopic (exact) mass is 225 g/mol. The topological polar surface area (TPSA) is 38.3 Å². The summed E-state index contributed by atoms with van der Waals surface area (Å²) < 4.78 is 5.60. The van der Waals surface area contributed by atoms with Crippen molar-refractivity contribution in [2.45, 2.75) is 64.0 Å². The SMILES string of the molecule is CC1CCCC(OC(=O)C2CCCCN2)C1. The second-order valence-corrected chi connectivity index (χ2v) is 5.33. The van der Waals surface area contributed by atoms with Crippen LogP contribution >= 0.6 is 0 Å². The molecule has 0 aromatic rings. The van der Waals surface area contributed by atoms with Crippen molar-refractivity contribution in [1.82, 2.24) is 5.32 Å². The highest BCUT2D eigenvalue weighted by Gasteiger charge is 2.27. The number of carbonyl (C=O) groups excluding carboxylic acids is 1. The Kier molecular flexibility index (Phi) is 4.22. The van der Waals surface area contributed by atoms with Gasteiger partial charge in [0.25, 0.3) is 0 Å². The van der Waals surface area contributed by atoms with E-state index < -0.39 is 0 Å². The van der Waals surface area contributed by atoms with Crippen LogP contribution < -0.4 is 5.32 Å². The Hall–Kier alpha value is -0.570. The van der Waals surface area contributed by atoms with Crippen molar-refractivity contribution < 1.29 is 9.53 Å². The molecule has 16 heavy (non-hydrogen) atoms. The van der Waals surface area contributed by atoms with Gasteiger partial charge in [-0.2, -0.15) is 0 Å². The van der Waals surface area contributed by atoms with Crippen molar-refractivity contribution >= 4 is 5.97 Å². The van der Waals surface area contributed by atoms with Crippen LogP contribution in [0.5, 0.6) is 0 Å². The first-order valence-electron chi connectivity index (χ1n) is 6.69. The van der Waals surface area contributed by atoms with Crippen molar-refractivity contribution in [3.05, 3.63) is 0 Å². The van der Waals surface area contributed by atoms with Gasteiger partial charge in [-0.25, -0.2) is 0 Å². The average molecular weight is 225 g/mol. The molecule has 2 fully saturated rings. The molecule has 0 amide bonds. The number of nitrogens with one attached hydrogen (secondary N) is 1. The molecule has 1 saturated heterocycles. The molecule has 92 valence electrons. The van der Waals surface area contributed by atoms with E-state index in [0.29, 0.717) is 5.92 Å². The van der Waals surface area contributed by atoms with Gasteiger partial charge < -0.3 is 10.1 Å². The second kappa shape index (κ2) is 5.67. The maximum absolute atomic E-state index is 11.9. The fourth-order valence-electron chi connectivity index (χ4n) is 2.78. The van der Waals surface area contributed by atoms with Crippen LogP contribution in [0.15, 0.2) is 0 Å². The number of piperidine rings is 1. The minimum Gasteiger partial charge on any atom is -0.461 e. The molecule has 2 aliphatic rings. The van der Waals surface area contributed by atoms with Crippen molar-refractivity contribution in [2.75, 3.05) is 6.54 Å². The third-order valence-electron chi connectivity index (χ3n) is 3.77. The summed E-state index contributed by atoms with van der Waals surface area (Å²) in [6.07, 6.45) is 8.06. The number of carbonyl (C=O) groups is 1. The molecule has 3 heteroatoms. The molecule has 1 aliphatic carbocycles. The van der Waals surface area contributed by atoms with E-state index in [1.807, 2.05) is 0 Å². The van der Waals surface area contributed by atoms with E-state index in [0.717, 1.165) is 32.2 Å². The first-order valence-corrected chi connectivity index (χ1v) is 6.69. The van der Waals surface area contributed by atoms with Gasteiger partial charge in [0.15, 0.2) is 0 Å². The van der Waals surface area contributed by atoms with Crippen LogP contribution in [0.3, 0.4) is 0 Å². The summed E-state index contributed by atoms with van der Waals surface area (Å²) in [4.78, 5) is 11.9. The van der Waals surface area contributed by atoms with Crippen LogP contribution in [0.2, 0.25) is 0 Å². The zero-order valence-electron chi connectivity index (χ0n) is 10.2. The van der Waals surface area contributed by atoms with Crippen LogP contribution in [0.1, 0.15) is 51.9 Å². The van der Waals surface area contributed by atoms with Crippen LogP contribution in [-0.4, -0.2) is 24.7 Å². The highest BCUT2D eigenvalue weighted by atomic mass is 16.5. The lowest BCUT2D eigenvalue weighted by Crippen LogP contribution is -2.43. The maximum Gasteiger partial charge on any atom is 0.323 e. The van der Waals surface area contributed by atoms with E-state index in [1.165, 1.54) is 19.3 Å². The quantitative estimate of drug-likeness (QED) is 0.733. The van der Waals surface area contributed by atoms with E-state index in [4.69, 9.17) is 4.74 Å². The van der Waals surface area contributed by atoms with Crippen molar-refractivity contribution in [1.29, 1.82) is 0 Å². The molecule has 0 bridgehead atoms. The zero-order valence-corrected chi connectivity index (χ0v) is 10.2. The fraction of sp³-hybridized carbons (Fsp3) is 0.923. The minimum atomic E-state index is -0.0361. The Bertz CT molecular complexity index is 236. The van der Waals surface area contributed by atoms with Gasteiger partial charge >= 0.3 is 5.97 Å². The second-order valence-electron chi connectivity index (χ2n) is 5.33. The molecule has 0 aromatic heterocycles. The Morgan fingerprint density at radius 2 is 2.06 bits per heavy atom. The van der Waals surface area contributed by atoms with Crippen LogP contribution in [0.25, 0.3) is 0 Å². The standard InChI is InChI=1S/C13H23NO2/c1-10-5-4-6-11(9-10)16-13(15)12-7-2-3-8-14-12/h10-12,14H,2-9H2,1H3. The van der Waals surface area contributed by atoms with Crippen molar-refractivity contribution in [3.63, 3.8) is 0 Å². The third-order valence-corrected chi connectivity index (χ3v) is 3.77. The normalized spacial score (nSPS) is 35.7. The summed E-state index contributed by atoms with van der Waals surface area (Å²) in [7, 11) is 0. The van der Waals surface area contributed by atoms with E-state index in [2.05, 4.69) is 12.2 Å². The molecular formula is C13H23NO2. The molecule has 2 rings (SSSR count). The molecule has 3 unspecified atom stereocenters. The minimum absolute atomic E-state index is 0.0150. The van der Waals surface area contributed by atoms with Crippen LogP contribution in [-0.2, 0) is 9.53 Å². The van der Waals surface area contributed by atoms with Crippen molar-refractivity contribution in [2.24, 2.45) is 5.92 Å². The fourth-order valence-corrected chi connectivity index (χ4v) is 2.78. The Labute approximate surface area is 97.9 Å². The summed E-state index contributed by atoms with van der Waals surface area (Å²) in [6.45, 7) is 3.21. The molecule has 0 spiro atoms. The van der Waals surface area contributed by atoms with E-state index >= 15 is 0 Å². The highest BCUT2D eigenvalue weighted by Crippen LogP contribution is 2.26. The van der Waals surface area contributed by atoms with Crippen molar-refractivity contribution in [3.8, 4) is 0 Å². The lowest BCUT2D eigenvalue weighted by molar-refractivity contribution is -0.154. The van der Waals surface area contributed by atoms with Gasteiger partial charge in [0.2, 0.25) is 0 Å². The number of hydrogen-bond donors (Lipinski definition) is 1. The maximum atomic E-state index is 11.9. The molecule has 3 nitrogen and oxygen atoms in total. The predicted molar refractivity (Wildman–Crippen MR) is 63.2 cm³/mol. The Morgan fingerprint density at radius 1 is 1.19 bits per heavy atom. The first kappa shape index (κ1) is 11.9. The van der Waals surface area contributed by atoms with Gasteiger partial charge in [-0.15, -0.1) is 0 Å². The van der Waals surface area contributed by atoms with Gasteiger partial charge in [0.05, 0.1) is 0 Å². The average Bonchev–Trinajstić information content (AvgIpc) is 2.30. The molecule has 0 aromatic carbocycles. The van der Waals surface area contributed by atoms with Gasteiger partial charge in [0, 0.05) is 0 Å². The van der Waals surface area contributed by atoms with Gasteiger partial charge in [-0.3, -0.25) is 4.79 Å². The number of rotatable bonds is 2. The molecule has 1 aliphatic heterocycles. The Balaban J connectivity index is 1.77. The number of hydrogen-bond acceptors (Lipinski definition) is 3. The Morgan fingerprint density at radius 3 is 2.75 bits per heavy atom. The number of ether oxygens (including phenoxy) is 1. The zero-order chi connectivity index (χ0) is 11.4. The largest absolute Gasteiger partial charge is 0.461 e. The van der Waals surface area contributed by atoms with Gasteiger partial charge in [0.1, 0.15) is 12.1 Å². The molecule has 3 atom stereocenters. The highest BCUT2D eigenvalue weighted by molar-refractivity contribution is 5.76. The summed E-state index contributed by atoms with van der Waals surface area (Å²) in [5.74, 6) is 0.699. The summed E-state index contributed by atoms with van der Waals surface area (Å²) in [6, 6.07) is -0.0361. The van der Waals surface area contributed by atoms with Crippen LogP contribution in [0.4, 0.5) is 0 Å². The third kappa shape index (κ3) is 3.21. The van der Waals surface area contributed by atoms with Crippen LogP contribution in [0, 0.1) is 5.92 Å². The van der Waals surface area contributed by atoms with Gasteiger partial charge in [-0.1, -0.05) is 19.8 Å². The predicted octanol–water partition coefficient (Wildman–Crippen LogP) is 2.25. The molecular weight excluding hydrogens is 202 g/mol. The molecule has 1 saturated carbocycles. The van der Waals surface area contributed by atoms with Gasteiger partial charge in [-0.05, 0) is 44.6 Å². The van der Waals surface area contributed by atoms with E-state index in [-0.39, 0.29) is 18.1 Å². The first-order chi connectivity index (χ1) is 7.75. The lowest BCUT2D eigenvalue weighted by atomic mass is 9.88. The summed E-state index contributed by atoms with van der Waals surface area (Å²) >= 11 is 0. The number of esters is 1. The molecule has 1 heterocycles. The molecule has 0 radical (unpaired) electrons. The smallest absolute Gasteiger partial charge is 0.323 e. The van der Waals surface area contributed by atoms with E-state index in [1.54, 1.807) is 0 Å². The molecule has 1 N–H and O–H groups in total. The van der Waals surface area contributed by atoms with E-state index in [9.17, 15) is 4.79 Å². The lowest BCUT2D eigenvalue weighted by Gasteiger charge is -2.29.